The van der Waals surface area contributed by atoms with Gasteiger partial charge in [-0.25, -0.2) is 0 Å². The van der Waals surface area contributed by atoms with Gasteiger partial charge in [-0.3, -0.25) is 9.78 Å². The molecule has 0 radical (unpaired) electrons. The highest BCUT2D eigenvalue weighted by Crippen LogP contribution is 2.75. The third kappa shape index (κ3) is 3.03. The molecule has 1 aromatic carbocycles. The third-order valence-corrected chi connectivity index (χ3v) is 7.00. The largest absolute Gasteiger partial charge is 0.397 e. The molecular formula is C22H22F3N5O2. The summed E-state index contributed by atoms with van der Waals surface area (Å²) in [7, 11) is 0. The average molecular weight is 445 g/mol. The van der Waals surface area contributed by atoms with Gasteiger partial charge in [0.25, 0.3) is 0 Å². The number of aromatic nitrogens is 1. The number of halogens is 3. The van der Waals surface area contributed by atoms with Crippen LogP contribution < -0.4 is 15.5 Å². The minimum absolute atomic E-state index is 0.0436. The number of amides is 1. The van der Waals surface area contributed by atoms with Crippen LogP contribution in [0.4, 0.5) is 18.9 Å². The molecule has 0 unspecified atom stereocenters. The van der Waals surface area contributed by atoms with Crippen LogP contribution in [0.5, 0.6) is 0 Å². The number of alkyl halides is 3. The molecule has 2 saturated heterocycles. The van der Waals surface area contributed by atoms with Crippen molar-refractivity contribution in [1.82, 2.24) is 15.6 Å². The van der Waals surface area contributed by atoms with Crippen LogP contribution in [0, 0.1) is 22.2 Å². The Hall–Kier alpha value is -2.90. The number of ether oxygens (including phenoxy) is 1. The van der Waals surface area contributed by atoms with E-state index in [0.29, 0.717) is 41.9 Å². The zero-order chi connectivity index (χ0) is 22.6. The van der Waals surface area contributed by atoms with Crippen LogP contribution in [0.15, 0.2) is 30.5 Å². The van der Waals surface area contributed by atoms with Crippen molar-refractivity contribution in [2.24, 2.45) is 10.8 Å². The molecule has 0 spiro atoms. The second kappa shape index (κ2) is 7.32. The number of morpholine rings is 1. The highest BCUT2D eigenvalue weighted by atomic mass is 19.4. The van der Waals surface area contributed by atoms with Crippen LogP contribution in [0.3, 0.4) is 0 Å². The van der Waals surface area contributed by atoms with Gasteiger partial charge in [-0.05, 0) is 30.7 Å². The number of carbonyl (C=O) groups is 1. The Balaban J connectivity index is 1.44. The number of nitrogens with zero attached hydrogens (tertiary/aromatic N) is 3. The third-order valence-electron chi connectivity index (χ3n) is 7.00. The Morgan fingerprint density at radius 2 is 2.22 bits per heavy atom. The quantitative estimate of drug-likeness (QED) is 0.748. The molecule has 1 aromatic heterocycles. The lowest BCUT2D eigenvalue weighted by Crippen LogP contribution is -2.48. The van der Waals surface area contributed by atoms with E-state index in [9.17, 15) is 23.2 Å². The number of anilines is 1. The zero-order valence-corrected chi connectivity index (χ0v) is 17.2. The van der Waals surface area contributed by atoms with Gasteiger partial charge in [-0.15, -0.1) is 0 Å². The average Bonchev–Trinajstić information content (AvgIpc) is 3.35. The highest BCUT2D eigenvalue weighted by Gasteiger charge is 2.86. The number of hydrogen-bond donors (Lipinski definition) is 2. The molecule has 3 fully saturated rings. The molecule has 1 aliphatic carbocycles. The summed E-state index contributed by atoms with van der Waals surface area (Å²) in [5.41, 5.74) is -2.27. The fourth-order valence-corrected chi connectivity index (χ4v) is 5.24. The summed E-state index contributed by atoms with van der Waals surface area (Å²) < 4.78 is 48.2. The molecular weight excluding hydrogens is 423 g/mol. The number of carbonyl (C=O) groups excluding carboxylic acids is 1. The summed E-state index contributed by atoms with van der Waals surface area (Å²) in [6.45, 7) is 1.60. The van der Waals surface area contributed by atoms with Gasteiger partial charge in [0.1, 0.15) is 11.5 Å². The number of hydrogen-bond acceptors (Lipinski definition) is 6. The Morgan fingerprint density at radius 1 is 1.38 bits per heavy atom. The van der Waals surface area contributed by atoms with Crippen molar-refractivity contribution in [2.75, 3.05) is 44.2 Å². The molecule has 168 valence electrons. The number of nitriles is 1. The van der Waals surface area contributed by atoms with Crippen molar-refractivity contribution < 1.29 is 22.7 Å². The number of nitrogens with one attached hydrogen (secondary N) is 2. The zero-order valence-electron chi connectivity index (χ0n) is 17.2. The SMILES string of the molecule is N#Cc1ccc(N2C[C@@]3(C(=O)NC[C@H]4CNCCO4)C[C@@]3(C(F)(F)F)C2)c2cccnc12. The van der Waals surface area contributed by atoms with E-state index in [0.717, 1.165) is 0 Å². The van der Waals surface area contributed by atoms with Gasteiger partial charge in [0.2, 0.25) is 5.91 Å². The Bertz CT molecular complexity index is 1110. The predicted octanol–water partition coefficient (Wildman–Crippen LogP) is 1.97. The van der Waals surface area contributed by atoms with E-state index < -0.39 is 22.9 Å². The highest BCUT2D eigenvalue weighted by molar-refractivity contribution is 5.97. The first kappa shape index (κ1) is 21.0. The first-order chi connectivity index (χ1) is 15.3. The summed E-state index contributed by atoms with van der Waals surface area (Å²) in [6, 6.07) is 8.70. The van der Waals surface area contributed by atoms with Crippen molar-refractivity contribution in [3.05, 3.63) is 36.0 Å². The number of pyridine rings is 1. The number of benzene rings is 1. The molecule has 7 nitrogen and oxygen atoms in total. The smallest absolute Gasteiger partial charge is 0.374 e. The van der Waals surface area contributed by atoms with E-state index in [1.54, 1.807) is 35.4 Å². The van der Waals surface area contributed by atoms with E-state index in [2.05, 4.69) is 21.7 Å². The van der Waals surface area contributed by atoms with Gasteiger partial charge in [-0.2, -0.15) is 18.4 Å². The lowest BCUT2D eigenvalue weighted by Gasteiger charge is -2.26. The van der Waals surface area contributed by atoms with Crippen molar-refractivity contribution in [3.8, 4) is 6.07 Å². The van der Waals surface area contributed by atoms with Crippen LogP contribution in [0.2, 0.25) is 0 Å². The van der Waals surface area contributed by atoms with Gasteiger partial charge in [-0.1, -0.05) is 0 Å². The van der Waals surface area contributed by atoms with Crippen LogP contribution in [0.25, 0.3) is 10.9 Å². The van der Waals surface area contributed by atoms with Crippen LogP contribution in [-0.2, 0) is 9.53 Å². The number of piperidine rings is 1. The van der Waals surface area contributed by atoms with Gasteiger partial charge >= 0.3 is 6.18 Å². The van der Waals surface area contributed by atoms with E-state index in [1.807, 2.05) is 0 Å². The topological polar surface area (TPSA) is 90.3 Å². The molecule has 5 rings (SSSR count). The molecule has 3 aliphatic rings. The van der Waals surface area contributed by atoms with Crippen molar-refractivity contribution in [2.45, 2.75) is 18.7 Å². The van der Waals surface area contributed by atoms with E-state index >= 15 is 0 Å². The van der Waals surface area contributed by atoms with E-state index in [-0.39, 0.29) is 32.2 Å². The van der Waals surface area contributed by atoms with Crippen LogP contribution in [-0.4, -0.2) is 62.5 Å². The Morgan fingerprint density at radius 3 is 2.94 bits per heavy atom. The molecule has 10 heteroatoms. The molecule has 3 heterocycles. The Kier molecular flexibility index (Phi) is 4.80. The Labute approximate surface area is 182 Å². The molecule has 2 N–H and O–H groups in total. The number of rotatable bonds is 4. The maximum Gasteiger partial charge on any atom is 0.397 e. The second-order valence-electron chi connectivity index (χ2n) is 8.75. The minimum atomic E-state index is -4.51. The molecule has 3 atom stereocenters. The summed E-state index contributed by atoms with van der Waals surface area (Å²) in [4.78, 5) is 18.9. The van der Waals surface area contributed by atoms with Gasteiger partial charge < -0.3 is 20.3 Å². The van der Waals surface area contributed by atoms with Crippen molar-refractivity contribution in [1.29, 1.82) is 5.26 Å². The molecule has 1 amide bonds. The fraction of sp³-hybridized carbons (Fsp3) is 0.500. The fourth-order valence-electron chi connectivity index (χ4n) is 5.24. The minimum Gasteiger partial charge on any atom is -0.374 e. The first-order valence-corrected chi connectivity index (χ1v) is 10.5. The lowest BCUT2D eigenvalue weighted by molar-refractivity contribution is -0.191. The molecule has 1 saturated carbocycles. The lowest BCUT2D eigenvalue weighted by atomic mass is 9.94. The summed E-state index contributed by atoms with van der Waals surface area (Å²) in [5, 5.41) is 15.8. The van der Waals surface area contributed by atoms with Crippen LogP contribution in [0.1, 0.15) is 12.0 Å². The first-order valence-electron chi connectivity index (χ1n) is 10.5. The second-order valence-corrected chi connectivity index (χ2v) is 8.75. The van der Waals surface area contributed by atoms with Crippen LogP contribution >= 0.6 is 0 Å². The predicted molar refractivity (Wildman–Crippen MR) is 110 cm³/mol. The maximum absolute atomic E-state index is 14.2. The maximum atomic E-state index is 14.2. The van der Waals surface area contributed by atoms with Crippen molar-refractivity contribution >= 4 is 22.5 Å². The van der Waals surface area contributed by atoms with Crippen molar-refractivity contribution in [3.63, 3.8) is 0 Å². The molecule has 2 aliphatic heterocycles. The molecule has 0 bridgehead atoms. The van der Waals surface area contributed by atoms with Gasteiger partial charge in [0, 0.05) is 50.0 Å². The monoisotopic (exact) mass is 445 g/mol. The standard InChI is InChI=1S/C22H22F3N5O2/c23-22(24,25)21-11-20(21,19(31)29-10-15-9-27-6-7-32-15)12-30(13-21)17-4-3-14(8-26)18-16(17)2-1-5-28-18/h1-5,15,27H,6-7,9-13H2,(H,29,31)/t15-,20-,21-/m1/s1. The summed E-state index contributed by atoms with van der Waals surface area (Å²) >= 11 is 0. The summed E-state index contributed by atoms with van der Waals surface area (Å²) in [5.74, 6) is -0.581. The van der Waals surface area contributed by atoms with E-state index in [1.165, 1.54) is 0 Å². The normalized spacial score (nSPS) is 29.4. The molecule has 2 aromatic rings. The van der Waals surface area contributed by atoms with E-state index in [4.69, 9.17) is 4.74 Å². The number of fused-ring (bicyclic) bond motifs is 2. The molecule has 32 heavy (non-hydrogen) atoms. The summed E-state index contributed by atoms with van der Waals surface area (Å²) in [6.07, 6.45) is -3.44. The van der Waals surface area contributed by atoms with Gasteiger partial charge in [0.05, 0.1) is 29.2 Å². The van der Waals surface area contributed by atoms with Gasteiger partial charge in [0.15, 0.2) is 0 Å².